The van der Waals surface area contributed by atoms with Crippen molar-refractivity contribution < 1.29 is 17.9 Å². The van der Waals surface area contributed by atoms with Crippen molar-refractivity contribution in [3.05, 3.63) is 32.9 Å². The van der Waals surface area contributed by atoms with Crippen LogP contribution < -0.4 is 0 Å². The first-order valence-corrected chi connectivity index (χ1v) is 4.87. The van der Waals surface area contributed by atoms with E-state index in [2.05, 4.69) is 0 Å². The molecular weight excluding hydrogens is 308 g/mol. The van der Waals surface area contributed by atoms with Crippen LogP contribution in [-0.2, 0) is 17.5 Å². The maximum absolute atomic E-state index is 12.3. The number of halogens is 4. The molecule has 1 aromatic rings. The van der Waals surface area contributed by atoms with E-state index in [1.54, 1.807) is 22.6 Å². The molecule has 0 N–H and O–H groups in total. The highest BCUT2D eigenvalue weighted by atomic mass is 127. The summed E-state index contributed by atoms with van der Waals surface area (Å²) in [6.07, 6.45) is -4.28. The molecule has 14 heavy (non-hydrogen) atoms. The van der Waals surface area contributed by atoms with Crippen molar-refractivity contribution in [1.82, 2.24) is 0 Å². The Kier molecular flexibility index (Phi) is 3.77. The molecule has 0 saturated carbocycles. The first-order chi connectivity index (χ1) is 6.45. The van der Waals surface area contributed by atoms with E-state index >= 15 is 0 Å². The van der Waals surface area contributed by atoms with Crippen molar-refractivity contribution in [2.24, 2.45) is 0 Å². The Balaban J connectivity index is 3.02. The van der Waals surface area contributed by atoms with Gasteiger partial charge < -0.3 is 4.74 Å². The molecule has 0 saturated heterocycles. The molecule has 0 heterocycles. The molecule has 0 atom stereocenters. The maximum Gasteiger partial charge on any atom is 0.417 e. The Hall–Kier alpha value is -0.300. The fourth-order valence-electron chi connectivity index (χ4n) is 1.04. The fourth-order valence-corrected chi connectivity index (χ4v) is 1.93. The molecule has 0 aliphatic rings. The van der Waals surface area contributed by atoms with Crippen molar-refractivity contribution in [3.63, 3.8) is 0 Å². The van der Waals surface area contributed by atoms with Crippen LogP contribution in [0.2, 0.25) is 0 Å². The zero-order chi connectivity index (χ0) is 10.8. The normalized spacial score (nSPS) is 11.8. The van der Waals surface area contributed by atoms with Crippen molar-refractivity contribution >= 4 is 22.6 Å². The minimum atomic E-state index is -4.28. The van der Waals surface area contributed by atoms with Crippen molar-refractivity contribution in [3.8, 4) is 0 Å². The number of methoxy groups -OCH3 is 1. The third-order valence-electron chi connectivity index (χ3n) is 1.65. The second-order valence-corrected chi connectivity index (χ2v) is 3.91. The van der Waals surface area contributed by atoms with Gasteiger partial charge in [0.1, 0.15) is 0 Å². The highest BCUT2D eigenvalue weighted by molar-refractivity contribution is 14.1. The average Bonchev–Trinajstić information content (AvgIpc) is 2.02. The summed E-state index contributed by atoms with van der Waals surface area (Å²) >= 11 is 1.68. The summed E-state index contributed by atoms with van der Waals surface area (Å²) < 4.78 is 42.0. The SMILES string of the molecule is COCc1ccc(C(F)(F)F)c(I)c1. The summed E-state index contributed by atoms with van der Waals surface area (Å²) in [7, 11) is 1.50. The summed E-state index contributed by atoms with van der Waals surface area (Å²) in [5, 5.41) is 0. The molecule has 0 unspecified atom stereocenters. The summed E-state index contributed by atoms with van der Waals surface area (Å²) in [5.74, 6) is 0. The van der Waals surface area contributed by atoms with Gasteiger partial charge in [0.25, 0.3) is 0 Å². The van der Waals surface area contributed by atoms with Gasteiger partial charge in [-0.1, -0.05) is 6.07 Å². The van der Waals surface area contributed by atoms with Crippen molar-refractivity contribution in [1.29, 1.82) is 0 Å². The van der Waals surface area contributed by atoms with E-state index in [1.165, 1.54) is 19.2 Å². The number of ether oxygens (including phenoxy) is 1. The first-order valence-electron chi connectivity index (χ1n) is 3.79. The van der Waals surface area contributed by atoms with Crippen LogP contribution in [0.25, 0.3) is 0 Å². The summed E-state index contributed by atoms with van der Waals surface area (Å²) in [5.41, 5.74) is 0.142. The van der Waals surface area contributed by atoms with E-state index in [0.717, 1.165) is 11.6 Å². The Morgan fingerprint density at radius 3 is 2.43 bits per heavy atom. The molecule has 1 aromatic carbocycles. The number of hydrogen-bond acceptors (Lipinski definition) is 1. The van der Waals surface area contributed by atoms with Crippen LogP contribution in [0.5, 0.6) is 0 Å². The zero-order valence-electron chi connectivity index (χ0n) is 7.36. The third kappa shape index (κ3) is 2.84. The summed E-state index contributed by atoms with van der Waals surface area (Å²) in [4.78, 5) is 0. The average molecular weight is 316 g/mol. The molecule has 1 rings (SSSR count). The molecule has 1 nitrogen and oxygen atoms in total. The Morgan fingerprint density at radius 2 is 2.00 bits per heavy atom. The lowest BCUT2D eigenvalue weighted by Gasteiger charge is -2.10. The van der Waals surface area contributed by atoms with E-state index in [-0.39, 0.29) is 3.57 Å². The van der Waals surface area contributed by atoms with Crippen molar-refractivity contribution in [2.75, 3.05) is 7.11 Å². The predicted molar refractivity (Wildman–Crippen MR) is 54.9 cm³/mol. The predicted octanol–water partition coefficient (Wildman–Crippen LogP) is 3.46. The first kappa shape index (κ1) is 11.8. The van der Waals surface area contributed by atoms with Gasteiger partial charge in [-0.25, -0.2) is 0 Å². The molecule has 0 bridgehead atoms. The Bertz CT molecular complexity index is 322. The highest BCUT2D eigenvalue weighted by Gasteiger charge is 2.32. The molecule has 5 heteroatoms. The molecule has 0 aromatic heterocycles. The lowest BCUT2D eigenvalue weighted by atomic mass is 10.1. The molecule has 0 radical (unpaired) electrons. The Morgan fingerprint density at radius 1 is 1.36 bits per heavy atom. The van der Waals surface area contributed by atoms with Gasteiger partial charge >= 0.3 is 6.18 Å². The van der Waals surface area contributed by atoms with Gasteiger partial charge in [-0.15, -0.1) is 0 Å². The number of hydrogen-bond donors (Lipinski definition) is 0. The van der Waals surface area contributed by atoms with Crippen LogP contribution in [-0.4, -0.2) is 7.11 Å². The van der Waals surface area contributed by atoms with Crippen LogP contribution in [0.4, 0.5) is 13.2 Å². The van der Waals surface area contributed by atoms with Crippen LogP contribution in [0.1, 0.15) is 11.1 Å². The molecule has 78 valence electrons. The number of rotatable bonds is 2. The second-order valence-electron chi connectivity index (χ2n) is 2.74. The molecule has 0 aliphatic heterocycles. The maximum atomic E-state index is 12.3. The molecule has 0 amide bonds. The van der Waals surface area contributed by atoms with E-state index in [0.29, 0.717) is 6.61 Å². The van der Waals surface area contributed by atoms with Gasteiger partial charge in [-0.2, -0.15) is 13.2 Å². The lowest BCUT2D eigenvalue weighted by Crippen LogP contribution is -2.07. The topological polar surface area (TPSA) is 9.23 Å². The minimum absolute atomic E-state index is 0.199. The summed E-state index contributed by atoms with van der Waals surface area (Å²) in [6, 6.07) is 3.98. The monoisotopic (exact) mass is 316 g/mol. The van der Waals surface area contributed by atoms with Crippen molar-refractivity contribution in [2.45, 2.75) is 12.8 Å². The van der Waals surface area contributed by atoms with Gasteiger partial charge in [0.15, 0.2) is 0 Å². The standard InChI is InChI=1S/C9H8F3IO/c1-14-5-6-2-3-7(8(13)4-6)9(10,11)12/h2-4H,5H2,1H3. The molecule has 0 fully saturated rings. The minimum Gasteiger partial charge on any atom is -0.380 e. The second kappa shape index (κ2) is 4.48. The van der Waals surface area contributed by atoms with Gasteiger partial charge in [0.05, 0.1) is 12.2 Å². The molecule has 0 aliphatic carbocycles. The van der Waals surface area contributed by atoms with Crippen LogP contribution in [0.15, 0.2) is 18.2 Å². The largest absolute Gasteiger partial charge is 0.417 e. The smallest absolute Gasteiger partial charge is 0.380 e. The Labute approximate surface area is 93.4 Å². The quantitative estimate of drug-likeness (QED) is 0.760. The van der Waals surface area contributed by atoms with Gasteiger partial charge in [0.2, 0.25) is 0 Å². The van der Waals surface area contributed by atoms with E-state index in [1.807, 2.05) is 0 Å². The van der Waals surface area contributed by atoms with Gasteiger partial charge in [-0.3, -0.25) is 0 Å². The van der Waals surface area contributed by atoms with Crippen LogP contribution >= 0.6 is 22.6 Å². The van der Waals surface area contributed by atoms with E-state index in [4.69, 9.17) is 4.74 Å². The van der Waals surface area contributed by atoms with Crippen LogP contribution in [0.3, 0.4) is 0 Å². The van der Waals surface area contributed by atoms with Crippen LogP contribution in [0, 0.1) is 3.57 Å². The lowest BCUT2D eigenvalue weighted by molar-refractivity contribution is -0.138. The van der Waals surface area contributed by atoms with Gasteiger partial charge in [-0.05, 0) is 40.3 Å². The zero-order valence-corrected chi connectivity index (χ0v) is 9.52. The molecular formula is C9H8F3IO. The van der Waals surface area contributed by atoms with E-state index in [9.17, 15) is 13.2 Å². The number of benzene rings is 1. The number of alkyl halides is 3. The van der Waals surface area contributed by atoms with E-state index < -0.39 is 11.7 Å². The fraction of sp³-hybridized carbons (Fsp3) is 0.333. The summed E-state index contributed by atoms with van der Waals surface area (Å²) in [6.45, 7) is 0.328. The van der Waals surface area contributed by atoms with Gasteiger partial charge in [0, 0.05) is 10.7 Å². The highest BCUT2D eigenvalue weighted by Crippen LogP contribution is 2.33. The third-order valence-corrected chi connectivity index (χ3v) is 2.54. The molecule has 0 spiro atoms.